The molecule has 0 amide bonds. The van der Waals surface area contributed by atoms with Crippen LogP contribution in [-0.2, 0) is 0 Å². The van der Waals surface area contributed by atoms with E-state index < -0.39 is 0 Å². The monoisotopic (exact) mass is 247 g/mol. The second-order valence-electron chi connectivity index (χ2n) is 5.46. The maximum Gasteiger partial charge on any atom is 0.126 e. The van der Waals surface area contributed by atoms with Crippen LogP contribution in [0.5, 0.6) is 11.5 Å². The van der Waals surface area contributed by atoms with Gasteiger partial charge in [0.05, 0.1) is 6.61 Å². The summed E-state index contributed by atoms with van der Waals surface area (Å²) < 4.78 is 5.79. The van der Waals surface area contributed by atoms with Crippen molar-refractivity contribution >= 4 is 0 Å². The van der Waals surface area contributed by atoms with Crippen molar-refractivity contribution in [2.24, 2.45) is 5.92 Å². The minimum atomic E-state index is 0.403. The van der Waals surface area contributed by atoms with E-state index in [0.717, 1.165) is 31.0 Å². The van der Waals surface area contributed by atoms with E-state index in [2.05, 4.69) is 11.8 Å². The molecular weight excluding hydrogens is 226 g/mol. The first-order valence-electron chi connectivity index (χ1n) is 6.96. The molecular formula is C15H21NO2. The van der Waals surface area contributed by atoms with Gasteiger partial charge in [-0.2, -0.15) is 0 Å². The van der Waals surface area contributed by atoms with Crippen LogP contribution in [0.25, 0.3) is 0 Å². The average molecular weight is 247 g/mol. The molecule has 0 unspecified atom stereocenters. The quantitative estimate of drug-likeness (QED) is 0.872. The molecule has 2 aliphatic rings. The molecule has 0 bridgehead atoms. The van der Waals surface area contributed by atoms with Gasteiger partial charge in [0.25, 0.3) is 0 Å². The first-order chi connectivity index (χ1) is 8.79. The van der Waals surface area contributed by atoms with Crippen molar-refractivity contribution in [3.8, 4) is 11.5 Å². The Morgan fingerprint density at radius 2 is 2.33 bits per heavy atom. The summed E-state index contributed by atoms with van der Waals surface area (Å²) >= 11 is 0. The Morgan fingerprint density at radius 3 is 3.17 bits per heavy atom. The number of fused-ring (bicyclic) bond motifs is 3. The number of piperidine rings is 1. The molecule has 0 aliphatic carbocycles. The Bertz CT molecular complexity index is 433. The van der Waals surface area contributed by atoms with Crippen LogP contribution in [0.15, 0.2) is 18.2 Å². The van der Waals surface area contributed by atoms with Gasteiger partial charge in [0, 0.05) is 23.9 Å². The largest absolute Gasteiger partial charge is 0.508 e. The van der Waals surface area contributed by atoms with Gasteiger partial charge in [0.15, 0.2) is 0 Å². The van der Waals surface area contributed by atoms with Crippen LogP contribution in [0.3, 0.4) is 0 Å². The van der Waals surface area contributed by atoms with E-state index in [1.54, 1.807) is 6.07 Å². The number of rotatable bonds is 2. The lowest BCUT2D eigenvalue weighted by atomic mass is 9.79. The molecule has 0 aromatic heterocycles. The molecule has 2 heterocycles. The van der Waals surface area contributed by atoms with Gasteiger partial charge in [-0.3, -0.25) is 0 Å². The predicted molar refractivity (Wildman–Crippen MR) is 71.2 cm³/mol. The third kappa shape index (κ3) is 1.97. The maximum absolute atomic E-state index is 10.1. The van der Waals surface area contributed by atoms with Crippen LogP contribution in [-0.4, -0.2) is 36.2 Å². The van der Waals surface area contributed by atoms with Crippen LogP contribution in [0.2, 0.25) is 0 Å². The highest BCUT2D eigenvalue weighted by Crippen LogP contribution is 2.45. The van der Waals surface area contributed by atoms with Crippen LogP contribution >= 0.6 is 0 Å². The van der Waals surface area contributed by atoms with Crippen molar-refractivity contribution in [3.63, 3.8) is 0 Å². The van der Waals surface area contributed by atoms with Crippen LogP contribution < -0.4 is 4.74 Å². The Labute approximate surface area is 108 Å². The second kappa shape index (κ2) is 4.81. The molecule has 2 atom stereocenters. The summed E-state index contributed by atoms with van der Waals surface area (Å²) in [6.45, 7) is 6.42. The number of likely N-dealkylation sites (tertiary alicyclic amines) is 1. The number of phenols is 1. The summed E-state index contributed by atoms with van der Waals surface area (Å²) in [5, 5.41) is 10.1. The highest BCUT2D eigenvalue weighted by molar-refractivity contribution is 5.48. The molecule has 2 aliphatic heterocycles. The number of ether oxygens (including phenoxy) is 1. The molecule has 1 saturated heterocycles. The number of benzene rings is 1. The van der Waals surface area contributed by atoms with E-state index in [1.807, 2.05) is 12.1 Å². The van der Waals surface area contributed by atoms with Gasteiger partial charge < -0.3 is 14.7 Å². The van der Waals surface area contributed by atoms with Gasteiger partial charge in [-0.1, -0.05) is 13.0 Å². The van der Waals surface area contributed by atoms with Gasteiger partial charge in [-0.25, -0.2) is 0 Å². The van der Waals surface area contributed by atoms with Crippen molar-refractivity contribution in [2.45, 2.75) is 25.7 Å². The number of hydrogen-bond donors (Lipinski definition) is 1. The number of nitrogens with zero attached hydrogens (tertiary/aromatic N) is 1. The zero-order valence-corrected chi connectivity index (χ0v) is 10.9. The zero-order valence-electron chi connectivity index (χ0n) is 10.9. The lowest BCUT2D eigenvalue weighted by Gasteiger charge is -2.42. The van der Waals surface area contributed by atoms with E-state index in [-0.39, 0.29) is 0 Å². The van der Waals surface area contributed by atoms with Crippen molar-refractivity contribution in [1.82, 2.24) is 4.90 Å². The molecule has 3 rings (SSSR count). The van der Waals surface area contributed by atoms with Crippen molar-refractivity contribution < 1.29 is 9.84 Å². The molecule has 1 N–H and O–H groups in total. The smallest absolute Gasteiger partial charge is 0.126 e. The lowest BCUT2D eigenvalue weighted by Crippen LogP contribution is -2.43. The fourth-order valence-corrected chi connectivity index (χ4v) is 3.34. The fraction of sp³-hybridized carbons (Fsp3) is 0.600. The van der Waals surface area contributed by atoms with Gasteiger partial charge in [0.2, 0.25) is 0 Å². The predicted octanol–water partition coefficient (Wildman–Crippen LogP) is 2.60. The first-order valence-corrected chi connectivity index (χ1v) is 6.96. The molecule has 1 aromatic carbocycles. The van der Waals surface area contributed by atoms with Crippen LogP contribution in [0.1, 0.15) is 31.2 Å². The van der Waals surface area contributed by atoms with Crippen molar-refractivity contribution in [1.29, 1.82) is 0 Å². The Balaban J connectivity index is 1.89. The minimum Gasteiger partial charge on any atom is -0.508 e. The summed E-state index contributed by atoms with van der Waals surface area (Å²) in [5.74, 6) is 2.30. The number of phenolic OH excluding ortho intramolecular Hbond substituents is 1. The van der Waals surface area contributed by atoms with Crippen LogP contribution in [0, 0.1) is 5.92 Å². The summed E-state index contributed by atoms with van der Waals surface area (Å²) in [4.78, 5) is 2.52. The topological polar surface area (TPSA) is 32.7 Å². The third-order valence-electron chi connectivity index (χ3n) is 4.25. The normalized spacial score (nSPS) is 27.2. The number of hydrogen-bond acceptors (Lipinski definition) is 3. The molecule has 3 nitrogen and oxygen atoms in total. The summed E-state index contributed by atoms with van der Waals surface area (Å²) in [5.41, 5.74) is 1.04. The molecule has 0 saturated carbocycles. The standard InChI is InChI=1S/C15H21NO2/c1-2-7-16-8-6-11-10-18-14-5-3-4-13(17)15(14)12(11)9-16/h3-5,11-12,17H,2,6-10H2,1H3/t11-,12-/m0/s1. The van der Waals surface area contributed by atoms with E-state index in [0.29, 0.717) is 17.6 Å². The van der Waals surface area contributed by atoms with Gasteiger partial charge in [-0.15, -0.1) is 0 Å². The molecule has 1 aromatic rings. The Morgan fingerprint density at radius 1 is 1.44 bits per heavy atom. The van der Waals surface area contributed by atoms with Crippen LogP contribution in [0.4, 0.5) is 0 Å². The fourth-order valence-electron chi connectivity index (χ4n) is 3.34. The van der Waals surface area contributed by atoms with Gasteiger partial charge in [-0.05, 0) is 38.1 Å². The lowest BCUT2D eigenvalue weighted by molar-refractivity contribution is 0.0975. The van der Waals surface area contributed by atoms with Gasteiger partial charge >= 0.3 is 0 Å². The summed E-state index contributed by atoms with van der Waals surface area (Å²) in [6, 6.07) is 5.62. The zero-order chi connectivity index (χ0) is 12.5. The molecule has 98 valence electrons. The molecule has 18 heavy (non-hydrogen) atoms. The SMILES string of the molecule is CCCN1CC[C@H]2COc3cccc(O)c3[C@H]2C1. The van der Waals surface area contributed by atoms with E-state index in [1.165, 1.54) is 19.4 Å². The summed E-state index contributed by atoms with van der Waals surface area (Å²) in [7, 11) is 0. The van der Waals surface area contributed by atoms with Crippen molar-refractivity contribution in [2.75, 3.05) is 26.2 Å². The van der Waals surface area contributed by atoms with E-state index >= 15 is 0 Å². The molecule has 0 radical (unpaired) electrons. The molecule has 0 spiro atoms. The first kappa shape index (κ1) is 11.8. The molecule has 1 fully saturated rings. The van der Waals surface area contributed by atoms with Crippen molar-refractivity contribution in [3.05, 3.63) is 23.8 Å². The highest BCUT2D eigenvalue weighted by atomic mass is 16.5. The Hall–Kier alpha value is -1.22. The van der Waals surface area contributed by atoms with E-state index in [4.69, 9.17) is 4.74 Å². The maximum atomic E-state index is 10.1. The third-order valence-corrected chi connectivity index (χ3v) is 4.25. The van der Waals surface area contributed by atoms with Gasteiger partial charge in [0.1, 0.15) is 11.5 Å². The van der Waals surface area contributed by atoms with E-state index in [9.17, 15) is 5.11 Å². The number of aromatic hydroxyl groups is 1. The second-order valence-corrected chi connectivity index (χ2v) is 5.46. The average Bonchev–Trinajstić information content (AvgIpc) is 2.39. The Kier molecular flexibility index (Phi) is 3.16. The highest BCUT2D eigenvalue weighted by Gasteiger charge is 2.37. The minimum absolute atomic E-state index is 0.403. The summed E-state index contributed by atoms with van der Waals surface area (Å²) in [6.07, 6.45) is 2.37. The molecule has 3 heteroatoms.